The molecule has 0 aromatic heterocycles. The number of fused-ring (bicyclic) bond motifs is 1. The molecule has 0 spiro atoms. The van der Waals surface area contributed by atoms with E-state index in [-0.39, 0.29) is 5.54 Å². The molecule has 2 nitrogen and oxygen atoms in total. The van der Waals surface area contributed by atoms with Gasteiger partial charge in [-0.2, -0.15) is 0 Å². The average Bonchev–Trinajstić information content (AvgIpc) is 2.53. The zero-order valence-electron chi connectivity index (χ0n) is 15.5. The molecule has 0 aliphatic carbocycles. The summed E-state index contributed by atoms with van der Waals surface area (Å²) >= 11 is 5.92. The summed E-state index contributed by atoms with van der Waals surface area (Å²) in [4.78, 5) is 7.04. The summed E-state index contributed by atoms with van der Waals surface area (Å²) < 4.78 is 0. The van der Waals surface area contributed by atoms with E-state index in [1.165, 1.54) is 16.8 Å². The van der Waals surface area contributed by atoms with Crippen LogP contribution in [0.25, 0.3) is 5.57 Å². The fourth-order valence-electron chi connectivity index (χ4n) is 3.77. The average molecular weight is 353 g/mol. The minimum Gasteiger partial charge on any atom is -0.360 e. The summed E-state index contributed by atoms with van der Waals surface area (Å²) in [6.45, 7) is 11.2. The Morgan fingerprint density at radius 2 is 1.76 bits per heavy atom. The third kappa shape index (κ3) is 3.64. The van der Waals surface area contributed by atoms with Gasteiger partial charge in [-0.15, -0.1) is 0 Å². The van der Waals surface area contributed by atoms with Gasteiger partial charge in [0.2, 0.25) is 0 Å². The summed E-state index contributed by atoms with van der Waals surface area (Å²) in [6.07, 6.45) is 4.27. The Bertz CT molecular complexity index is 830. The van der Waals surface area contributed by atoms with Crippen molar-refractivity contribution in [3.8, 4) is 0 Å². The maximum absolute atomic E-state index is 5.92. The minimum atomic E-state index is 0.0180. The van der Waals surface area contributed by atoms with Crippen LogP contribution >= 0.6 is 11.6 Å². The first-order chi connectivity index (χ1) is 11.8. The van der Waals surface area contributed by atoms with Crippen LogP contribution in [0.3, 0.4) is 0 Å². The molecule has 0 fully saturated rings. The topological polar surface area (TPSA) is 15.6 Å². The lowest BCUT2D eigenvalue weighted by atomic mass is 9.87. The molecule has 25 heavy (non-hydrogen) atoms. The van der Waals surface area contributed by atoms with Crippen molar-refractivity contribution in [2.75, 3.05) is 4.90 Å². The van der Waals surface area contributed by atoms with Crippen molar-refractivity contribution in [2.45, 2.75) is 46.2 Å². The summed E-state index contributed by atoms with van der Waals surface area (Å²) in [5, 5.41) is 0.727. The first kappa shape index (κ1) is 17.8. The minimum absolute atomic E-state index is 0.0180. The van der Waals surface area contributed by atoms with Gasteiger partial charge in [0.1, 0.15) is 0 Å². The first-order valence-corrected chi connectivity index (χ1v) is 9.08. The molecule has 0 saturated heterocycles. The molecule has 2 aromatic rings. The smallest absolute Gasteiger partial charge is 0.0630 e. The van der Waals surface area contributed by atoms with Gasteiger partial charge in [-0.3, -0.25) is 4.99 Å². The number of hydrogen-bond donors (Lipinski definition) is 0. The van der Waals surface area contributed by atoms with Crippen molar-refractivity contribution in [1.29, 1.82) is 0 Å². The van der Waals surface area contributed by atoms with Gasteiger partial charge in [-0.1, -0.05) is 23.7 Å². The highest BCUT2D eigenvalue weighted by molar-refractivity contribution is 6.30. The maximum atomic E-state index is 5.92. The SMILES string of the molecule is CC1=CC(C)(C)N(C(C)C)c2ccc(C=Nc3ccc(Cl)cc3)cc21. The highest BCUT2D eigenvalue weighted by atomic mass is 35.5. The molecule has 1 aliphatic rings. The van der Waals surface area contributed by atoms with Crippen LogP contribution in [-0.2, 0) is 0 Å². The van der Waals surface area contributed by atoms with Crippen LogP contribution in [0.15, 0.2) is 53.5 Å². The highest BCUT2D eigenvalue weighted by Crippen LogP contribution is 2.40. The molecule has 0 amide bonds. The maximum Gasteiger partial charge on any atom is 0.0630 e. The number of aliphatic imine (C=N–C) groups is 1. The van der Waals surface area contributed by atoms with Gasteiger partial charge in [-0.05, 0) is 82.2 Å². The number of nitrogens with zero attached hydrogens (tertiary/aromatic N) is 2. The van der Waals surface area contributed by atoms with Crippen LogP contribution in [0.4, 0.5) is 11.4 Å². The second kappa shape index (κ2) is 6.68. The molecular weight excluding hydrogens is 328 g/mol. The second-order valence-corrected chi connectivity index (χ2v) is 7.89. The normalized spacial score (nSPS) is 16.3. The summed E-state index contributed by atoms with van der Waals surface area (Å²) in [6, 6.07) is 14.6. The zero-order chi connectivity index (χ0) is 18.2. The number of hydrogen-bond acceptors (Lipinski definition) is 2. The Morgan fingerprint density at radius 1 is 1.08 bits per heavy atom. The molecule has 130 valence electrons. The van der Waals surface area contributed by atoms with Gasteiger partial charge in [0.05, 0.1) is 11.2 Å². The van der Waals surface area contributed by atoms with E-state index in [1.807, 2.05) is 30.5 Å². The fraction of sp³-hybridized carbons (Fsp3) is 0.318. The van der Waals surface area contributed by atoms with Crippen molar-refractivity contribution < 1.29 is 0 Å². The van der Waals surface area contributed by atoms with Gasteiger partial charge in [0, 0.05) is 28.5 Å². The largest absolute Gasteiger partial charge is 0.360 e. The van der Waals surface area contributed by atoms with Crippen LogP contribution in [0, 0.1) is 0 Å². The lowest BCUT2D eigenvalue weighted by Gasteiger charge is -2.46. The molecule has 0 bridgehead atoms. The van der Waals surface area contributed by atoms with E-state index >= 15 is 0 Å². The van der Waals surface area contributed by atoms with Gasteiger partial charge in [0.15, 0.2) is 0 Å². The van der Waals surface area contributed by atoms with Crippen molar-refractivity contribution in [3.63, 3.8) is 0 Å². The van der Waals surface area contributed by atoms with Crippen molar-refractivity contribution in [3.05, 3.63) is 64.7 Å². The monoisotopic (exact) mass is 352 g/mol. The third-order valence-electron chi connectivity index (χ3n) is 4.60. The Labute approximate surface area is 155 Å². The molecule has 1 aliphatic heterocycles. The predicted octanol–water partition coefficient (Wildman–Crippen LogP) is 6.50. The third-order valence-corrected chi connectivity index (χ3v) is 4.85. The number of benzene rings is 2. The van der Waals surface area contributed by atoms with Crippen LogP contribution in [0.1, 0.15) is 45.7 Å². The highest BCUT2D eigenvalue weighted by Gasteiger charge is 2.32. The van der Waals surface area contributed by atoms with Crippen LogP contribution in [0.5, 0.6) is 0 Å². The standard InChI is InChI=1S/C22H25ClN2/c1-15(2)25-21-11-6-17(12-20(21)16(3)13-22(25,4)5)14-24-19-9-7-18(23)8-10-19/h6-15H,1-5H3. The van der Waals surface area contributed by atoms with E-state index in [2.05, 4.69) is 68.8 Å². The molecule has 2 aromatic carbocycles. The second-order valence-electron chi connectivity index (χ2n) is 7.46. The first-order valence-electron chi connectivity index (χ1n) is 8.71. The van der Waals surface area contributed by atoms with Crippen LogP contribution in [-0.4, -0.2) is 17.8 Å². The fourth-order valence-corrected chi connectivity index (χ4v) is 3.89. The molecule has 3 heteroatoms. The lowest BCUT2D eigenvalue weighted by molar-refractivity contribution is 0.507. The van der Waals surface area contributed by atoms with Crippen LogP contribution < -0.4 is 4.90 Å². The molecule has 0 N–H and O–H groups in total. The predicted molar refractivity (Wildman–Crippen MR) is 110 cm³/mol. The number of halogens is 1. The van der Waals surface area contributed by atoms with Gasteiger partial charge in [-0.25, -0.2) is 0 Å². The van der Waals surface area contributed by atoms with Gasteiger partial charge in [0.25, 0.3) is 0 Å². The quantitative estimate of drug-likeness (QED) is 0.575. The lowest BCUT2D eigenvalue weighted by Crippen LogP contribution is -2.49. The molecule has 0 unspecified atom stereocenters. The van der Waals surface area contributed by atoms with Gasteiger partial charge < -0.3 is 4.90 Å². The summed E-state index contributed by atoms with van der Waals surface area (Å²) in [5.41, 5.74) is 5.92. The van der Waals surface area contributed by atoms with E-state index in [4.69, 9.17) is 11.6 Å². The molecule has 1 heterocycles. The van der Waals surface area contributed by atoms with E-state index < -0.39 is 0 Å². The summed E-state index contributed by atoms with van der Waals surface area (Å²) in [7, 11) is 0. The van der Waals surface area contributed by atoms with Crippen molar-refractivity contribution in [1.82, 2.24) is 0 Å². The number of anilines is 1. The zero-order valence-corrected chi connectivity index (χ0v) is 16.3. The molecule has 0 radical (unpaired) electrons. The molecular formula is C22H25ClN2. The van der Waals surface area contributed by atoms with Crippen molar-refractivity contribution >= 4 is 34.8 Å². The number of allylic oxidation sites excluding steroid dienone is 1. The Kier molecular flexibility index (Phi) is 4.75. The van der Waals surface area contributed by atoms with E-state index in [1.54, 1.807) is 0 Å². The van der Waals surface area contributed by atoms with Crippen molar-refractivity contribution in [2.24, 2.45) is 4.99 Å². The molecule has 0 atom stereocenters. The Balaban J connectivity index is 1.96. The number of rotatable bonds is 3. The molecule has 3 rings (SSSR count). The Morgan fingerprint density at radius 3 is 2.40 bits per heavy atom. The van der Waals surface area contributed by atoms with E-state index in [9.17, 15) is 0 Å². The van der Waals surface area contributed by atoms with E-state index in [0.717, 1.165) is 16.3 Å². The molecule has 0 saturated carbocycles. The van der Waals surface area contributed by atoms with Gasteiger partial charge >= 0.3 is 0 Å². The summed E-state index contributed by atoms with van der Waals surface area (Å²) in [5.74, 6) is 0. The Hall–Kier alpha value is -2.06. The van der Waals surface area contributed by atoms with E-state index in [0.29, 0.717) is 6.04 Å². The van der Waals surface area contributed by atoms with Crippen LogP contribution in [0.2, 0.25) is 5.02 Å².